The third-order valence-electron chi connectivity index (χ3n) is 3.92. The lowest BCUT2D eigenvalue weighted by atomic mass is 9.89. The Balaban J connectivity index is 1.77. The lowest BCUT2D eigenvalue weighted by Crippen LogP contribution is -2.63. The number of hydrogen-bond acceptors (Lipinski definition) is 3. The van der Waals surface area contributed by atoms with Crippen molar-refractivity contribution in [2.75, 3.05) is 13.1 Å². The van der Waals surface area contributed by atoms with E-state index in [4.69, 9.17) is 0 Å². The zero-order chi connectivity index (χ0) is 14.9. The van der Waals surface area contributed by atoms with Crippen molar-refractivity contribution < 1.29 is 9.90 Å². The molecule has 1 aromatic heterocycles. The smallest absolute Gasteiger partial charge is 0.264 e. The Morgan fingerprint density at radius 1 is 1.29 bits per heavy atom. The van der Waals surface area contributed by atoms with Crippen molar-refractivity contribution in [1.82, 2.24) is 4.90 Å². The minimum absolute atomic E-state index is 0.0321. The molecular weight excluding hydrogens is 282 g/mol. The number of β-amino-alcohol motifs (C(OH)–C–C–N with tert-alkyl or cyclic N) is 1. The lowest BCUT2D eigenvalue weighted by Gasteiger charge is -2.46. The van der Waals surface area contributed by atoms with Crippen molar-refractivity contribution in [1.29, 1.82) is 0 Å². The SMILES string of the molecule is CCCC1(O)CN(C(=O)c2sccc2-c2ccccc2)C1. The molecule has 1 aromatic carbocycles. The molecule has 3 rings (SSSR count). The molecular formula is C17H19NO2S. The highest BCUT2D eigenvalue weighted by Gasteiger charge is 2.43. The summed E-state index contributed by atoms with van der Waals surface area (Å²) in [6.07, 6.45) is 1.69. The second-order valence-electron chi connectivity index (χ2n) is 5.66. The summed E-state index contributed by atoms with van der Waals surface area (Å²) >= 11 is 1.47. The van der Waals surface area contributed by atoms with Crippen molar-refractivity contribution in [2.24, 2.45) is 0 Å². The molecule has 0 spiro atoms. The topological polar surface area (TPSA) is 40.5 Å². The van der Waals surface area contributed by atoms with E-state index in [-0.39, 0.29) is 5.91 Å². The molecule has 1 fully saturated rings. The summed E-state index contributed by atoms with van der Waals surface area (Å²) < 4.78 is 0. The predicted octanol–water partition coefficient (Wildman–Crippen LogP) is 3.40. The van der Waals surface area contributed by atoms with Crippen LogP contribution in [0, 0.1) is 0 Å². The van der Waals surface area contributed by atoms with Gasteiger partial charge in [0.05, 0.1) is 23.6 Å². The maximum atomic E-state index is 12.6. The molecule has 1 aliphatic rings. The average Bonchev–Trinajstić information content (AvgIpc) is 2.94. The van der Waals surface area contributed by atoms with Gasteiger partial charge in [-0.3, -0.25) is 4.79 Å². The van der Waals surface area contributed by atoms with E-state index >= 15 is 0 Å². The zero-order valence-corrected chi connectivity index (χ0v) is 12.9. The minimum Gasteiger partial charge on any atom is -0.386 e. The van der Waals surface area contributed by atoms with E-state index in [9.17, 15) is 9.90 Å². The highest BCUT2D eigenvalue weighted by Crippen LogP contribution is 2.33. The van der Waals surface area contributed by atoms with Crippen LogP contribution in [0.1, 0.15) is 29.4 Å². The van der Waals surface area contributed by atoms with Crippen molar-refractivity contribution in [3.05, 3.63) is 46.7 Å². The van der Waals surface area contributed by atoms with Gasteiger partial charge in [-0.2, -0.15) is 0 Å². The van der Waals surface area contributed by atoms with Gasteiger partial charge in [0.1, 0.15) is 0 Å². The number of carbonyl (C=O) groups is 1. The van der Waals surface area contributed by atoms with Crippen LogP contribution in [0.15, 0.2) is 41.8 Å². The first kappa shape index (κ1) is 14.3. The number of hydrogen-bond donors (Lipinski definition) is 1. The zero-order valence-electron chi connectivity index (χ0n) is 12.1. The Labute approximate surface area is 128 Å². The first-order valence-corrected chi connectivity index (χ1v) is 8.15. The van der Waals surface area contributed by atoms with Crippen molar-refractivity contribution in [3.63, 3.8) is 0 Å². The standard InChI is InChI=1S/C17H19NO2S/c1-2-9-17(20)11-18(12-17)16(19)15-14(8-10-21-15)13-6-4-3-5-7-13/h3-8,10,20H,2,9,11-12H2,1H3. The largest absolute Gasteiger partial charge is 0.386 e. The van der Waals surface area contributed by atoms with Gasteiger partial charge in [-0.15, -0.1) is 11.3 Å². The second-order valence-corrected chi connectivity index (χ2v) is 6.58. The maximum Gasteiger partial charge on any atom is 0.264 e. The highest BCUT2D eigenvalue weighted by atomic mass is 32.1. The molecule has 0 aliphatic carbocycles. The quantitative estimate of drug-likeness (QED) is 0.940. The minimum atomic E-state index is -0.672. The molecule has 1 saturated heterocycles. The van der Waals surface area contributed by atoms with E-state index in [1.54, 1.807) is 4.90 Å². The van der Waals surface area contributed by atoms with Crippen molar-refractivity contribution in [3.8, 4) is 11.1 Å². The summed E-state index contributed by atoms with van der Waals surface area (Å²) in [6, 6.07) is 11.9. The molecule has 1 aliphatic heterocycles. The van der Waals surface area contributed by atoms with Crippen LogP contribution in [-0.2, 0) is 0 Å². The van der Waals surface area contributed by atoms with Gasteiger partial charge in [0, 0.05) is 5.56 Å². The molecule has 21 heavy (non-hydrogen) atoms. The molecule has 1 N–H and O–H groups in total. The molecule has 2 aromatic rings. The van der Waals surface area contributed by atoms with Gasteiger partial charge in [-0.05, 0) is 23.4 Å². The van der Waals surface area contributed by atoms with Crippen LogP contribution >= 0.6 is 11.3 Å². The Hall–Kier alpha value is -1.65. The number of nitrogens with zero attached hydrogens (tertiary/aromatic N) is 1. The van der Waals surface area contributed by atoms with Crippen LogP contribution in [0.2, 0.25) is 0 Å². The molecule has 3 nitrogen and oxygen atoms in total. The molecule has 0 bridgehead atoms. The Kier molecular flexibility index (Phi) is 3.83. The molecule has 0 saturated carbocycles. The maximum absolute atomic E-state index is 12.6. The van der Waals surface area contributed by atoms with Crippen LogP contribution in [0.25, 0.3) is 11.1 Å². The van der Waals surface area contributed by atoms with E-state index in [1.807, 2.05) is 41.8 Å². The number of thiophene rings is 1. The van der Waals surface area contributed by atoms with Crippen LogP contribution in [-0.4, -0.2) is 34.6 Å². The fourth-order valence-electron chi connectivity index (χ4n) is 2.89. The Morgan fingerprint density at radius 3 is 2.67 bits per heavy atom. The van der Waals surface area contributed by atoms with Gasteiger partial charge >= 0.3 is 0 Å². The fraction of sp³-hybridized carbons (Fsp3) is 0.353. The van der Waals surface area contributed by atoms with Gasteiger partial charge in [-0.1, -0.05) is 43.7 Å². The van der Waals surface area contributed by atoms with Gasteiger partial charge < -0.3 is 10.0 Å². The summed E-state index contributed by atoms with van der Waals surface area (Å²) in [6.45, 7) is 2.95. The Bertz CT molecular complexity index is 629. The molecule has 1 amide bonds. The van der Waals surface area contributed by atoms with E-state index in [0.717, 1.165) is 28.8 Å². The Morgan fingerprint density at radius 2 is 2.00 bits per heavy atom. The van der Waals surface area contributed by atoms with Crippen LogP contribution in [0.5, 0.6) is 0 Å². The van der Waals surface area contributed by atoms with Crippen LogP contribution < -0.4 is 0 Å². The van der Waals surface area contributed by atoms with E-state index in [0.29, 0.717) is 13.1 Å². The van der Waals surface area contributed by atoms with E-state index in [2.05, 4.69) is 6.92 Å². The summed E-state index contributed by atoms with van der Waals surface area (Å²) in [7, 11) is 0. The molecule has 2 heterocycles. The number of benzene rings is 1. The monoisotopic (exact) mass is 301 g/mol. The summed E-state index contributed by atoms with van der Waals surface area (Å²) in [5.74, 6) is 0.0321. The number of amides is 1. The third-order valence-corrected chi connectivity index (χ3v) is 4.82. The third kappa shape index (κ3) is 2.74. The molecule has 0 atom stereocenters. The number of likely N-dealkylation sites (tertiary alicyclic amines) is 1. The number of rotatable bonds is 4. The van der Waals surface area contributed by atoms with Gasteiger partial charge in [0.15, 0.2) is 0 Å². The van der Waals surface area contributed by atoms with E-state index < -0.39 is 5.60 Å². The van der Waals surface area contributed by atoms with Gasteiger partial charge in [-0.25, -0.2) is 0 Å². The molecule has 0 radical (unpaired) electrons. The average molecular weight is 301 g/mol. The normalized spacial score (nSPS) is 16.6. The van der Waals surface area contributed by atoms with Crippen LogP contribution in [0.3, 0.4) is 0 Å². The second kappa shape index (κ2) is 5.62. The first-order valence-electron chi connectivity index (χ1n) is 7.27. The van der Waals surface area contributed by atoms with Gasteiger partial charge in [0.25, 0.3) is 5.91 Å². The fourth-order valence-corrected chi connectivity index (χ4v) is 3.78. The molecule has 110 valence electrons. The highest BCUT2D eigenvalue weighted by molar-refractivity contribution is 7.12. The summed E-state index contributed by atoms with van der Waals surface area (Å²) in [5.41, 5.74) is 1.37. The summed E-state index contributed by atoms with van der Waals surface area (Å²) in [5, 5.41) is 12.2. The van der Waals surface area contributed by atoms with Gasteiger partial charge in [0.2, 0.25) is 0 Å². The first-order chi connectivity index (χ1) is 10.1. The van der Waals surface area contributed by atoms with Crippen LogP contribution in [0.4, 0.5) is 0 Å². The van der Waals surface area contributed by atoms with E-state index in [1.165, 1.54) is 11.3 Å². The molecule has 0 unspecified atom stereocenters. The predicted molar refractivity (Wildman–Crippen MR) is 85.5 cm³/mol. The summed E-state index contributed by atoms with van der Waals surface area (Å²) in [4.78, 5) is 15.1. The number of carbonyl (C=O) groups excluding carboxylic acids is 1. The molecule has 4 heteroatoms. The van der Waals surface area contributed by atoms with Crippen molar-refractivity contribution in [2.45, 2.75) is 25.4 Å². The number of aliphatic hydroxyl groups is 1. The lowest BCUT2D eigenvalue weighted by molar-refractivity contribution is -0.0858. The van der Waals surface area contributed by atoms with Crippen molar-refractivity contribution >= 4 is 17.2 Å².